The molecular weight excluding hydrogens is 353 g/mol. The molecule has 4 nitrogen and oxygen atoms in total. The third-order valence-electron chi connectivity index (χ3n) is 6.62. The van der Waals surface area contributed by atoms with Crippen molar-refractivity contribution in [2.75, 3.05) is 0 Å². The van der Waals surface area contributed by atoms with Gasteiger partial charge >= 0.3 is 0 Å². The van der Waals surface area contributed by atoms with Crippen molar-refractivity contribution in [3.05, 3.63) is 72.2 Å². The highest BCUT2D eigenvalue weighted by Gasteiger charge is 2.35. The summed E-state index contributed by atoms with van der Waals surface area (Å²) in [6.07, 6.45) is 11.5. The number of benzene rings is 1. The molecule has 1 fully saturated rings. The largest absolute Gasteiger partial charge is 0.393 e. The Labute approximate surface area is 164 Å². The van der Waals surface area contributed by atoms with Gasteiger partial charge in [-0.25, -0.2) is 9.37 Å². The van der Waals surface area contributed by atoms with E-state index in [1.807, 2.05) is 23.0 Å². The van der Waals surface area contributed by atoms with Crippen LogP contribution in [0.3, 0.4) is 0 Å². The molecule has 5 heteroatoms. The minimum atomic E-state index is -0.441. The summed E-state index contributed by atoms with van der Waals surface area (Å²) in [5, 5.41) is 11.0. The van der Waals surface area contributed by atoms with Crippen LogP contribution in [0.1, 0.15) is 55.2 Å². The molecule has 5 rings (SSSR count). The van der Waals surface area contributed by atoms with Gasteiger partial charge in [0.1, 0.15) is 5.82 Å². The van der Waals surface area contributed by atoms with Gasteiger partial charge in [0.05, 0.1) is 30.4 Å². The molecule has 0 spiro atoms. The standard InChI is InChI=1S/C23H24FN3O/c24-19-3-1-2-18-21-13-26-14-27(21)20(23(18)19)12-22(28)17-6-4-15(5-7-17)16-8-10-25-11-9-16/h1-3,8-11,13-15,17,20,22,28H,4-7,12H2. The van der Waals surface area contributed by atoms with Gasteiger partial charge in [0.15, 0.2) is 0 Å². The minimum absolute atomic E-state index is 0.179. The fourth-order valence-corrected chi connectivity index (χ4v) is 5.13. The molecule has 3 aromatic rings. The van der Waals surface area contributed by atoms with E-state index in [1.54, 1.807) is 18.6 Å². The number of aliphatic hydroxyl groups excluding tert-OH is 1. The first kappa shape index (κ1) is 17.6. The first-order valence-corrected chi connectivity index (χ1v) is 10.1. The molecule has 0 radical (unpaired) electrons. The zero-order valence-corrected chi connectivity index (χ0v) is 15.7. The number of rotatable bonds is 4. The molecule has 2 atom stereocenters. The first-order valence-electron chi connectivity index (χ1n) is 10.1. The predicted molar refractivity (Wildman–Crippen MR) is 105 cm³/mol. The Kier molecular flexibility index (Phi) is 4.47. The highest BCUT2D eigenvalue weighted by atomic mass is 19.1. The van der Waals surface area contributed by atoms with Crippen LogP contribution in [-0.2, 0) is 0 Å². The molecule has 2 aromatic heterocycles. The van der Waals surface area contributed by atoms with E-state index in [-0.39, 0.29) is 17.8 Å². The molecule has 1 saturated carbocycles. The molecule has 1 N–H and O–H groups in total. The lowest BCUT2D eigenvalue weighted by Crippen LogP contribution is -2.28. The van der Waals surface area contributed by atoms with Gasteiger partial charge in [-0.15, -0.1) is 0 Å². The lowest BCUT2D eigenvalue weighted by molar-refractivity contribution is 0.0650. The summed E-state index contributed by atoms with van der Waals surface area (Å²) < 4.78 is 16.6. The molecule has 2 aliphatic rings. The fourth-order valence-electron chi connectivity index (χ4n) is 5.13. The average Bonchev–Trinajstić information content (AvgIpc) is 3.32. The van der Waals surface area contributed by atoms with Crippen LogP contribution in [0.2, 0.25) is 0 Å². The molecule has 2 unspecified atom stereocenters. The van der Waals surface area contributed by atoms with E-state index in [4.69, 9.17) is 0 Å². The fraction of sp³-hybridized carbons (Fsp3) is 0.391. The van der Waals surface area contributed by atoms with E-state index >= 15 is 0 Å². The van der Waals surface area contributed by atoms with Crippen LogP contribution in [0.15, 0.2) is 55.2 Å². The summed E-state index contributed by atoms with van der Waals surface area (Å²) >= 11 is 0. The molecule has 0 saturated heterocycles. The maximum absolute atomic E-state index is 14.6. The monoisotopic (exact) mass is 377 g/mol. The minimum Gasteiger partial charge on any atom is -0.393 e. The van der Waals surface area contributed by atoms with Gasteiger partial charge < -0.3 is 9.67 Å². The summed E-state index contributed by atoms with van der Waals surface area (Å²) in [4.78, 5) is 8.34. The molecule has 3 heterocycles. The number of aliphatic hydroxyl groups is 1. The molecular formula is C23H24FN3O. The van der Waals surface area contributed by atoms with Crippen molar-refractivity contribution >= 4 is 0 Å². The Balaban J connectivity index is 1.30. The van der Waals surface area contributed by atoms with Crippen LogP contribution in [-0.4, -0.2) is 25.7 Å². The van der Waals surface area contributed by atoms with Crippen molar-refractivity contribution in [2.24, 2.45) is 5.92 Å². The second kappa shape index (κ2) is 7.13. The normalized spacial score (nSPS) is 24.6. The van der Waals surface area contributed by atoms with Crippen molar-refractivity contribution in [1.82, 2.24) is 14.5 Å². The Hall–Kier alpha value is -2.53. The van der Waals surface area contributed by atoms with E-state index in [9.17, 15) is 9.50 Å². The number of pyridine rings is 1. The van der Waals surface area contributed by atoms with Crippen molar-refractivity contribution in [1.29, 1.82) is 0 Å². The van der Waals surface area contributed by atoms with Crippen LogP contribution in [0.4, 0.5) is 4.39 Å². The number of fused-ring (bicyclic) bond motifs is 3. The molecule has 1 aliphatic carbocycles. The number of imidazole rings is 1. The third kappa shape index (κ3) is 2.94. The zero-order valence-electron chi connectivity index (χ0n) is 15.7. The van der Waals surface area contributed by atoms with Crippen LogP contribution < -0.4 is 0 Å². The number of aromatic nitrogens is 3. The predicted octanol–water partition coefficient (Wildman–Crippen LogP) is 4.71. The SMILES string of the molecule is OC(CC1c2c(F)cccc2-c2cncn21)C1CCC(c2ccncc2)CC1. The van der Waals surface area contributed by atoms with Gasteiger partial charge in [0.2, 0.25) is 0 Å². The Morgan fingerprint density at radius 2 is 1.86 bits per heavy atom. The molecule has 28 heavy (non-hydrogen) atoms. The highest BCUT2D eigenvalue weighted by molar-refractivity contribution is 5.69. The lowest BCUT2D eigenvalue weighted by Gasteiger charge is -2.33. The highest BCUT2D eigenvalue weighted by Crippen LogP contribution is 2.45. The summed E-state index contributed by atoms with van der Waals surface area (Å²) in [7, 11) is 0. The van der Waals surface area contributed by atoms with Crippen LogP contribution in [0.25, 0.3) is 11.3 Å². The average molecular weight is 377 g/mol. The van der Waals surface area contributed by atoms with Crippen LogP contribution in [0, 0.1) is 11.7 Å². The second-order valence-corrected chi connectivity index (χ2v) is 8.10. The van der Waals surface area contributed by atoms with Crippen LogP contribution >= 0.6 is 0 Å². The Morgan fingerprint density at radius 1 is 1.07 bits per heavy atom. The van der Waals surface area contributed by atoms with Gasteiger partial charge in [-0.05, 0) is 67.7 Å². The number of hydrogen-bond donors (Lipinski definition) is 1. The molecule has 1 aliphatic heterocycles. The smallest absolute Gasteiger partial charge is 0.129 e. The van der Waals surface area contributed by atoms with E-state index in [0.29, 0.717) is 17.9 Å². The topological polar surface area (TPSA) is 50.9 Å². The van der Waals surface area contributed by atoms with Crippen molar-refractivity contribution in [3.8, 4) is 11.3 Å². The van der Waals surface area contributed by atoms with E-state index in [2.05, 4.69) is 22.1 Å². The molecule has 0 amide bonds. The van der Waals surface area contributed by atoms with Gasteiger partial charge in [-0.2, -0.15) is 0 Å². The van der Waals surface area contributed by atoms with Crippen molar-refractivity contribution < 1.29 is 9.50 Å². The maximum atomic E-state index is 14.6. The lowest BCUT2D eigenvalue weighted by atomic mass is 9.75. The second-order valence-electron chi connectivity index (χ2n) is 8.10. The van der Waals surface area contributed by atoms with Gasteiger partial charge in [0.25, 0.3) is 0 Å². The molecule has 144 valence electrons. The summed E-state index contributed by atoms with van der Waals surface area (Å²) in [5.74, 6) is 0.622. The third-order valence-corrected chi connectivity index (χ3v) is 6.62. The molecule has 0 bridgehead atoms. The Morgan fingerprint density at radius 3 is 2.64 bits per heavy atom. The number of nitrogens with zero attached hydrogens (tertiary/aromatic N) is 3. The van der Waals surface area contributed by atoms with Gasteiger partial charge in [-0.3, -0.25) is 4.98 Å². The van der Waals surface area contributed by atoms with Crippen molar-refractivity contribution in [3.63, 3.8) is 0 Å². The maximum Gasteiger partial charge on any atom is 0.129 e. The number of hydrogen-bond acceptors (Lipinski definition) is 3. The quantitative estimate of drug-likeness (QED) is 0.716. The first-order chi connectivity index (χ1) is 13.7. The number of halogens is 1. The summed E-state index contributed by atoms with van der Waals surface area (Å²) in [5.41, 5.74) is 3.88. The van der Waals surface area contributed by atoms with E-state index < -0.39 is 6.10 Å². The summed E-state index contributed by atoms with van der Waals surface area (Å²) in [6.45, 7) is 0. The van der Waals surface area contributed by atoms with E-state index in [0.717, 1.165) is 36.9 Å². The molecule has 1 aromatic carbocycles. The Bertz CT molecular complexity index is 963. The van der Waals surface area contributed by atoms with Crippen molar-refractivity contribution in [2.45, 2.75) is 50.2 Å². The van der Waals surface area contributed by atoms with E-state index in [1.165, 1.54) is 11.6 Å². The van der Waals surface area contributed by atoms with Gasteiger partial charge in [-0.1, -0.05) is 12.1 Å². The van der Waals surface area contributed by atoms with Gasteiger partial charge in [0, 0.05) is 23.5 Å². The van der Waals surface area contributed by atoms with Crippen LogP contribution in [0.5, 0.6) is 0 Å². The zero-order chi connectivity index (χ0) is 19.1. The summed E-state index contributed by atoms with van der Waals surface area (Å²) in [6, 6.07) is 9.21.